The van der Waals surface area contributed by atoms with Crippen LogP contribution in [0.4, 0.5) is 0 Å². The number of nitrogens with zero attached hydrogens (tertiary/aromatic N) is 3. The summed E-state index contributed by atoms with van der Waals surface area (Å²) >= 11 is 0. The minimum atomic E-state index is -1.07. The fourth-order valence-electron chi connectivity index (χ4n) is 3.11. The molecular weight excluding hydrogens is 406 g/mol. The Balaban J connectivity index is 1.89. The Morgan fingerprint density at radius 2 is 1.91 bits per heavy atom. The molecule has 0 N–H and O–H groups in total. The molecule has 0 spiro atoms. The first-order valence-electron chi connectivity index (χ1n) is 10.7. The number of carbonyl (C=O) groups excluding carboxylic acids is 1. The summed E-state index contributed by atoms with van der Waals surface area (Å²) in [7, 11) is 1.35. The van der Waals surface area contributed by atoms with Gasteiger partial charge in [0.2, 0.25) is 0 Å². The standard InChI is InChI=1S/C25H31N3O4/c1-18(2)16-31-22-11-8-9-19(13-22)23-14-21(17-32-25(3,4)24(29)30-5)27-28(23)15-20-10-6-7-12-26-20/h6-14,18H,15-17H2,1-5H3. The van der Waals surface area contributed by atoms with Gasteiger partial charge in [0.1, 0.15) is 5.75 Å². The second-order valence-electron chi connectivity index (χ2n) is 8.52. The summed E-state index contributed by atoms with van der Waals surface area (Å²) < 4.78 is 18.4. The number of ether oxygens (including phenoxy) is 3. The van der Waals surface area contributed by atoms with Crippen LogP contribution in [-0.2, 0) is 27.4 Å². The van der Waals surface area contributed by atoms with E-state index in [1.54, 1.807) is 20.0 Å². The Hall–Kier alpha value is -3.19. The number of benzene rings is 1. The lowest BCUT2D eigenvalue weighted by Gasteiger charge is -2.21. The number of esters is 1. The van der Waals surface area contributed by atoms with Gasteiger partial charge in [0.15, 0.2) is 5.60 Å². The first-order chi connectivity index (χ1) is 15.3. The molecule has 0 radical (unpaired) electrons. The van der Waals surface area contributed by atoms with Crippen LogP contribution in [0, 0.1) is 5.92 Å². The molecule has 0 fully saturated rings. The van der Waals surface area contributed by atoms with Gasteiger partial charge in [0.05, 0.1) is 44.0 Å². The fraction of sp³-hybridized carbons (Fsp3) is 0.400. The van der Waals surface area contributed by atoms with Gasteiger partial charge in [-0.15, -0.1) is 0 Å². The van der Waals surface area contributed by atoms with Crippen LogP contribution in [0.1, 0.15) is 39.1 Å². The lowest BCUT2D eigenvalue weighted by Crippen LogP contribution is -2.35. The summed E-state index contributed by atoms with van der Waals surface area (Å²) in [6.07, 6.45) is 1.77. The number of rotatable bonds is 10. The summed E-state index contributed by atoms with van der Waals surface area (Å²) in [6, 6.07) is 15.7. The zero-order valence-electron chi connectivity index (χ0n) is 19.4. The summed E-state index contributed by atoms with van der Waals surface area (Å²) in [4.78, 5) is 16.4. The van der Waals surface area contributed by atoms with Gasteiger partial charge in [-0.1, -0.05) is 32.0 Å². The molecule has 0 saturated heterocycles. The van der Waals surface area contributed by atoms with Crippen molar-refractivity contribution in [1.29, 1.82) is 0 Å². The third-order valence-electron chi connectivity index (χ3n) is 4.84. The first kappa shape index (κ1) is 23.5. The van der Waals surface area contributed by atoms with Crippen molar-refractivity contribution in [1.82, 2.24) is 14.8 Å². The average molecular weight is 438 g/mol. The molecule has 2 heterocycles. The van der Waals surface area contributed by atoms with Crippen LogP contribution in [0.2, 0.25) is 0 Å². The zero-order valence-corrected chi connectivity index (χ0v) is 19.4. The monoisotopic (exact) mass is 437 g/mol. The number of hydrogen-bond donors (Lipinski definition) is 0. The van der Waals surface area contributed by atoms with E-state index in [4.69, 9.17) is 19.3 Å². The van der Waals surface area contributed by atoms with E-state index < -0.39 is 11.6 Å². The van der Waals surface area contributed by atoms with Gasteiger partial charge in [-0.3, -0.25) is 9.67 Å². The van der Waals surface area contributed by atoms with E-state index in [9.17, 15) is 4.79 Å². The highest BCUT2D eigenvalue weighted by molar-refractivity contribution is 5.78. The molecule has 0 aliphatic heterocycles. The smallest absolute Gasteiger partial charge is 0.337 e. The third-order valence-corrected chi connectivity index (χ3v) is 4.84. The molecule has 7 nitrogen and oxygen atoms in total. The largest absolute Gasteiger partial charge is 0.493 e. The predicted octanol–water partition coefficient (Wildman–Crippen LogP) is 4.50. The molecule has 7 heteroatoms. The second kappa shape index (κ2) is 10.4. The lowest BCUT2D eigenvalue weighted by molar-refractivity contribution is -0.166. The highest BCUT2D eigenvalue weighted by Crippen LogP contribution is 2.27. The number of hydrogen-bond acceptors (Lipinski definition) is 6. The zero-order chi connectivity index (χ0) is 23.1. The number of aromatic nitrogens is 3. The average Bonchev–Trinajstić information content (AvgIpc) is 3.19. The minimum absolute atomic E-state index is 0.174. The summed E-state index contributed by atoms with van der Waals surface area (Å²) in [5.41, 5.74) is 2.44. The maximum atomic E-state index is 11.9. The van der Waals surface area contributed by atoms with Gasteiger partial charge >= 0.3 is 5.97 Å². The minimum Gasteiger partial charge on any atom is -0.493 e. The van der Waals surface area contributed by atoms with E-state index >= 15 is 0 Å². The fourth-order valence-corrected chi connectivity index (χ4v) is 3.11. The van der Waals surface area contributed by atoms with Crippen LogP contribution in [0.5, 0.6) is 5.75 Å². The molecular formula is C25H31N3O4. The maximum Gasteiger partial charge on any atom is 0.337 e. The summed E-state index contributed by atoms with van der Waals surface area (Å²) in [5, 5.41) is 4.73. The van der Waals surface area contributed by atoms with Gasteiger partial charge in [-0.25, -0.2) is 4.79 Å². The van der Waals surface area contributed by atoms with E-state index in [1.165, 1.54) is 7.11 Å². The van der Waals surface area contributed by atoms with Crippen LogP contribution in [0.25, 0.3) is 11.3 Å². The highest BCUT2D eigenvalue weighted by Gasteiger charge is 2.30. The molecule has 0 atom stereocenters. The quantitative estimate of drug-likeness (QED) is 0.435. The molecule has 3 rings (SSSR count). The molecule has 0 unspecified atom stereocenters. The Morgan fingerprint density at radius 3 is 2.59 bits per heavy atom. The van der Waals surface area contributed by atoms with Crippen LogP contribution in [0.15, 0.2) is 54.7 Å². The molecule has 0 aliphatic rings. The van der Waals surface area contributed by atoms with Gasteiger partial charge in [0, 0.05) is 11.8 Å². The molecule has 170 valence electrons. The molecule has 0 bridgehead atoms. The van der Waals surface area contributed by atoms with Crippen LogP contribution < -0.4 is 4.74 Å². The number of methoxy groups -OCH3 is 1. The van der Waals surface area contributed by atoms with Crippen LogP contribution in [0.3, 0.4) is 0 Å². The summed E-state index contributed by atoms with van der Waals surface area (Å²) in [6.45, 7) is 8.93. The van der Waals surface area contributed by atoms with Gasteiger partial charge in [0.25, 0.3) is 0 Å². The molecule has 0 aliphatic carbocycles. The molecule has 32 heavy (non-hydrogen) atoms. The second-order valence-corrected chi connectivity index (χ2v) is 8.52. The molecule has 1 aromatic carbocycles. The molecule has 3 aromatic rings. The number of carbonyl (C=O) groups is 1. The van der Waals surface area contributed by atoms with Crippen molar-refractivity contribution in [3.8, 4) is 17.0 Å². The molecule has 0 amide bonds. The van der Waals surface area contributed by atoms with Crippen molar-refractivity contribution in [2.24, 2.45) is 5.92 Å². The SMILES string of the molecule is COC(=O)C(C)(C)OCc1cc(-c2cccc(OCC(C)C)c2)n(Cc2ccccn2)n1. The number of pyridine rings is 1. The lowest BCUT2D eigenvalue weighted by atomic mass is 10.1. The van der Waals surface area contributed by atoms with Crippen molar-refractivity contribution in [3.05, 3.63) is 66.1 Å². The first-order valence-corrected chi connectivity index (χ1v) is 10.7. The van der Waals surface area contributed by atoms with Crippen molar-refractivity contribution < 1.29 is 19.0 Å². The Morgan fingerprint density at radius 1 is 1.09 bits per heavy atom. The normalized spacial score (nSPS) is 11.6. The van der Waals surface area contributed by atoms with Crippen molar-refractivity contribution in [2.75, 3.05) is 13.7 Å². The van der Waals surface area contributed by atoms with Crippen molar-refractivity contribution in [2.45, 2.75) is 46.4 Å². The van der Waals surface area contributed by atoms with Crippen LogP contribution >= 0.6 is 0 Å². The van der Waals surface area contributed by atoms with Gasteiger partial charge < -0.3 is 14.2 Å². The van der Waals surface area contributed by atoms with E-state index in [0.29, 0.717) is 24.8 Å². The van der Waals surface area contributed by atoms with Crippen molar-refractivity contribution >= 4 is 5.97 Å². The topological polar surface area (TPSA) is 75.5 Å². The van der Waals surface area contributed by atoms with E-state index in [2.05, 4.69) is 18.8 Å². The van der Waals surface area contributed by atoms with Crippen molar-refractivity contribution in [3.63, 3.8) is 0 Å². The Bertz CT molecular complexity index is 1030. The van der Waals surface area contributed by atoms with E-state index in [-0.39, 0.29) is 6.61 Å². The highest BCUT2D eigenvalue weighted by atomic mass is 16.6. The van der Waals surface area contributed by atoms with Gasteiger partial charge in [-0.2, -0.15) is 5.10 Å². The Labute approximate surface area is 189 Å². The predicted molar refractivity (Wildman–Crippen MR) is 122 cm³/mol. The molecule has 0 saturated carbocycles. The van der Waals surface area contributed by atoms with Crippen LogP contribution in [-0.4, -0.2) is 40.1 Å². The maximum absolute atomic E-state index is 11.9. The Kier molecular flexibility index (Phi) is 7.64. The van der Waals surface area contributed by atoms with Gasteiger partial charge in [-0.05, 0) is 50.1 Å². The summed E-state index contributed by atoms with van der Waals surface area (Å²) in [5.74, 6) is 0.822. The third kappa shape index (κ3) is 6.17. The molecule has 2 aromatic heterocycles. The van der Waals surface area contributed by atoms with E-state index in [0.717, 1.165) is 22.7 Å². The van der Waals surface area contributed by atoms with E-state index in [1.807, 2.05) is 53.2 Å².